The molecule has 3 rings (SSSR count). The van der Waals surface area contributed by atoms with Crippen molar-refractivity contribution in [2.24, 2.45) is 0 Å². The molecule has 0 amide bonds. The molecule has 98 valence electrons. The maximum absolute atomic E-state index is 13.5. The van der Waals surface area contributed by atoms with Crippen molar-refractivity contribution < 1.29 is 18.6 Å². The quantitative estimate of drug-likeness (QED) is 0.824. The van der Waals surface area contributed by atoms with Crippen molar-refractivity contribution in [3.05, 3.63) is 35.6 Å². The SMILES string of the molecule is COC1CC2CCC1(OCc1ccccc1F)O2. The summed E-state index contributed by atoms with van der Waals surface area (Å²) < 4.78 is 30.7. The van der Waals surface area contributed by atoms with Crippen molar-refractivity contribution in [3.63, 3.8) is 0 Å². The van der Waals surface area contributed by atoms with Gasteiger partial charge in [0.25, 0.3) is 0 Å². The molecular weight excluding hydrogens is 235 g/mol. The maximum Gasteiger partial charge on any atom is 0.195 e. The molecule has 2 aliphatic rings. The van der Waals surface area contributed by atoms with Gasteiger partial charge in [0, 0.05) is 25.5 Å². The second kappa shape index (κ2) is 4.61. The van der Waals surface area contributed by atoms with Crippen LogP contribution >= 0.6 is 0 Å². The minimum Gasteiger partial charge on any atom is -0.376 e. The molecule has 2 saturated heterocycles. The Morgan fingerprint density at radius 1 is 1.44 bits per heavy atom. The van der Waals surface area contributed by atoms with Gasteiger partial charge in [0.2, 0.25) is 0 Å². The Morgan fingerprint density at radius 3 is 3.00 bits per heavy atom. The van der Waals surface area contributed by atoms with Gasteiger partial charge in [-0.2, -0.15) is 0 Å². The number of hydrogen-bond donors (Lipinski definition) is 0. The van der Waals surface area contributed by atoms with E-state index < -0.39 is 5.79 Å². The molecule has 0 aliphatic carbocycles. The van der Waals surface area contributed by atoms with E-state index in [1.54, 1.807) is 25.3 Å². The fourth-order valence-electron chi connectivity index (χ4n) is 2.87. The monoisotopic (exact) mass is 252 g/mol. The fourth-order valence-corrected chi connectivity index (χ4v) is 2.87. The smallest absolute Gasteiger partial charge is 0.195 e. The Morgan fingerprint density at radius 2 is 2.28 bits per heavy atom. The van der Waals surface area contributed by atoms with Crippen LogP contribution in [0.1, 0.15) is 24.8 Å². The van der Waals surface area contributed by atoms with Gasteiger partial charge in [-0.3, -0.25) is 0 Å². The van der Waals surface area contributed by atoms with Gasteiger partial charge in [0.05, 0.1) is 12.7 Å². The molecule has 2 fully saturated rings. The minimum atomic E-state index is -0.665. The molecule has 0 aromatic heterocycles. The second-order valence-electron chi connectivity index (χ2n) is 4.93. The largest absolute Gasteiger partial charge is 0.376 e. The summed E-state index contributed by atoms with van der Waals surface area (Å²) in [4.78, 5) is 0. The first kappa shape index (κ1) is 12.1. The van der Waals surface area contributed by atoms with E-state index in [2.05, 4.69) is 0 Å². The van der Waals surface area contributed by atoms with E-state index in [1.165, 1.54) is 6.07 Å². The van der Waals surface area contributed by atoms with Gasteiger partial charge < -0.3 is 14.2 Å². The van der Waals surface area contributed by atoms with E-state index in [1.807, 2.05) is 0 Å². The average Bonchev–Trinajstić information content (AvgIpc) is 2.95. The standard InChI is InChI=1S/C14H17FO3/c1-16-13-8-11-6-7-14(13,18-11)17-9-10-4-2-3-5-12(10)15/h2-5,11,13H,6-9H2,1H3. The summed E-state index contributed by atoms with van der Waals surface area (Å²) in [7, 11) is 1.67. The van der Waals surface area contributed by atoms with E-state index in [-0.39, 0.29) is 24.6 Å². The summed E-state index contributed by atoms with van der Waals surface area (Å²) >= 11 is 0. The predicted molar refractivity (Wildman–Crippen MR) is 63.4 cm³/mol. The third-order valence-electron chi connectivity index (χ3n) is 3.86. The maximum atomic E-state index is 13.5. The van der Waals surface area contributed by atoms with Gasteiger partial charge in [0.15, 0.2) is 5.79 Å². The van der Waals surface area contributed by atoms with Gasteiger partial charge >= 0.3 is 0 Å². The lowest BCUT2D eigenvalue weighted by atomic mass is 9.94. The molecule has 18 heavy (non-hydrogen) atoms. The zero-order chi connectivity index (χ0) is 12.6. The molecule has 1 aromatic rings. The molecule has 0 saturated carbocycles. The molecule has 0 spiro atoms. The number of fused-ring (bicyclic) bond motifs is 2. The summed E-state index contributed by atoms with van der Waals surface area (Å²) in [5, 5.41) is 0. The number of hydrogen-bond acceptors (Lipinski definition) is 3. The first-order chi connectivity index (χ1) is 8.73. The van der Waals surface area contributed by atoms with Crippen molar-refractivity contribution >= 4 is 0 Å². The summed E-state index contributed by atoms with van der Waals surface area (Å²) in [6.45, 7) is 0.221. The lowest BCUT2D eigenvalue weighted by Gasteiger charge is -2.31. The first-order valence-electron chi connectivity index (χ1n) is 6.31. The molecule has 0 radical (unpaired) electrons. The Hall–Kier alpha value is -0.970. The summed E-state index contributed by atoms with van der Waals surface area (Å²) in [6, 6.07) is 6.65. The second-order valence-corrected chi connectivity index (χ2v) is 4.93. The van der Waals surface area contributed by atoms with Crippen LogP contribution in [0.4, 0.5) is 4.39 Å². The number of rotatable bonds is 4. The molecule has 3 nitrogen and oxygen atoms in total. The van der Waals surface area contributed by atoms with E-state index in [9.17, 15) is 4.39 Å². The van der Waals surface area contributed by atoms with Crippen molar-refractivity contribution in [2.45, 2.75) is 43.9 Å². The van der Waals surface area contributed by atoms with Crippen LogP contribution in [0.15, 0.2) is 24.3 Å². The lowest BCUT2D eigenvalue weighted by Crippen LogP contribution is -2.42. The molecular formula is C14H17FO3. The highest BCUT2D eigenvalue weighted by Gasteiger charge is 2.55. The number of benzene rings is 1. The van der Waals surface area contributed by atoms with Crippen molar-refractivity contribution in [3.8, 4) is 0 Å². The van der Waals surface area contributed by atoms with Gasteiger partial charge in [-0.25, -0.2) is 4.39 Å². The van der Waals surface area contributed by atoms with Crippen molar-refractivity contribution in [1.29, 1.82) is 0 Å². The van der Waals surface area contributed by atoms with E-state index in [0.29, 0.717) is 5.56 Å². The third-order valence-corrected chi connectivity index (χ3v) is 3.86. The Balaban J connectivity index is 1.71. The lowest BCUT2D eigenvalue weighted by molar-refractivity contribution is -0.246. The van der Waals surface area contributed by atoms with Crippen molar-refractivity contribution in [1.82, 2.24) is 0 Å². The van der Waals surface area contributed by atoms with Crippen LogP contribution in [0.3, 0.4) is 0 Å². The zero-order valence-corrected chi connectivity index (χ0v) is 10.4. The van der Waals surface area contributed by atoms with E-state index in [0.717, 1.165) is 19.3 Å². The molecule has 1 aromatic carbocycles. The van der Waals surface area contributed by atoms with Crippen LogP contribution in [0.5, 0.6) is 0 Å². The van der Waals surface area contributed by atoms with Crippen LogP contribution in [-0.4, -0.2) is 25.1 Å². The normalized spacial score (nSPS) is 34.1. The molecule has 0 N–H and O–H groups in total. The van der Waals surface area contributed by atoms with Crippen molar-refractivity contribution in [2.75, 3.05) is 7.11 Å². The van der Waals surface area contributed by atoms with Crippen LogP contribution < -0.4 is 0 Å². The third kappa shape index (κ3) is 1.94. The molecule has 2 heterocycles. The molecule has 4 heteroatoms. The van der Waals surface area contributed by atoms with E-state index in [4.69, 9.17) is 14.2 Å². The summed E-state index contributed by atoms with van der Waals surface area (Å²) in [5.74, 6) is -0.905. The Labute approximate surface area is 106 Å². The summed E-state index contributed by atoms with van der Waals surface area (Å²) in [6.07, 6.45) is 2.88. The number of halogens is 1. The summed E-state index contributed by atoms with van der Waals surface area (Å²) in [5.41, 5.74) is 0.556. The van der Waals surface area contributed by atoms with Gasteiger partial charge in [-0.05, 0) is 12.5 Å². The predicted octanol–water partition coefficient (Wildman–Crippen LogP) is 2.64. The average molecular weight is 252 g/mol. The highest BCUT2D eigenvalue weighted by molar-refractivity contribution is 5.16. The van der Waals surface area contributed by atoms with Gasteiger partial charge in [-0.1, -0.05) is 18.2 Å². The minimum absolute atomic E-state index is 0.0389. The Kier molecular flexibility index (Phi) is 3.09. The van der Waals surface area contributed by atoms with Crippen LogP contribution in [0.2, 0.25) is 0 Å². The van der Waals surface area contributed by atoms with Crippen LogP contribution in [0.25, 0.3) is 0 Å². The van der Waals surface area contributed by atoms with Crippen LogP contribution in [-0.2, 0) is 20.8 Å². The molecule has 2 bridgehead atoms. The molecule has 3 unspecified atom stereocenters. The highest BCUT2D eigenvalue weighted by Crippen LogP contribution is 2.46. The number of methoxy groups -OCH3 is 1. The number of ether oxygens (including phenoxy) is 3. The Bertz CT molecular complexity index is 437. The highest BCUT2D eigenvalue weighted by atomic mass is 19.1. The van der Waals surface area contributed by atoms with Gasteiger partial charge in [-0.15, -0.1) is 0 Å². The zero-order valence-electron chi connectivity index (χ0n) is 10.4. The van der Waals surface area contributed by atoms with Gasteiger partial charge in [0.1, 0.15) is 11.9 Å². The molecule has 2 aliphatic heterocycles. The first-order valence-corrected chi connectivity index (χ1v) is 6.31. The fraction of sp³-hybridized carbons (Fsp3) is 0.571. The van der Waals surface area contributed by atoms with Crippen LogP contribution in [0, 0.1) is 5.82 Å². The topological polar surface area (TPSA) is 27.7 Å². The van der Waals surface area contributed by atoms with E-state index >= 15 is 0 Å². The molecule has 3 atom stereocenters.